The van der Waals surface area contributed by atoms with E-state index in [0.717, 1.165) is 5.56 Å². The molecule has 3 nitrogen and oxygen atoms in total. The highest BCUT2D eigenvalue weighted by molar-refractivity contribution is 7.80. The molecule has 1 heterocycles. The third-order valence-electron chi connectivity index (χ3n) is 1.62. The van der Waals surface area contributed by atoms with E-state index in [2.05, 4.69) is 17.6 Å². The van der Waals surface area contributed by atoms with Crippen molar-refractivity contribution >= 4 is 24.7 Å². The highest BCUT2D eigenvalue weighted by Gasteiger charge is 2.07. The lowest BCUT2D eigenvalue weighted by atomic mass is 10.3. The molecule has 0 saturated carbocycles. The molecule has 1 aromatic heterocycles. The first kappa shape index (κ1) is 10.9. The van der Waals surface area contributed by atoms with Crippen LogP contribution >= 0.6 is 12.6 Å². The maximum atomic E-state index is 11.2. The van der Waals surface area contributed by atoms with Gasteiger partial charge in [0.2, 0.25) is 0 Å². The van der Waals surface area contributed by atoms with Gasteiger partial charge in [0.15, 0.2) is 0 Å². The van der Waals surface area contributed by atoms with Gasteiger partial charge in [-0.3, -0.25) is 0 Å². The molecular formula is C10H13NO2S. The van der Waals surface area contributed by atoms with Crippen LogP contribution < -0.4 is 0 Å². The van der Waals surface area contributed by atoms with E-state index in [1.54, 1.807) is 19.2 Å². The van der Waals surface area contributed by atoms with E-state index in [-0.39, 0.29) is 5.97 Å². The molecule has 14 heavy (non-hydrogen) atoms. The van der Waals surface area contributed by atoms with E-state index in [4.69, 9.17) is 4.74 Å². The number of esters is 1. The zero-order chi connectivity index (χ0) is 10.4. The normalized spacial score (nSPS) is 10.7. The number of thiol groups is 1. The Bertz CT molecular complexity index is 331. The van der Waals surface area contributed by atoms with Crippen LogP contribution in [0.3, 0.4) is 0 Å². The number of aromatic nitrogens is 1. The predicted molar refractivity (Wildman–Crippen MR) is 59.6 cm³/mol. The summed E-state index contributed by atoms with van der Waals surface area (Å²) in [4.78, 5) is 14.1. The fourth-order valence-electron chi connectivity index (χ4n) is 1.02. The fraction of sp³-hybridized carbons (Fsp3) is 0.300. The molecular weight excluding hydrogens is 198 g/mol. The maximum absolute atomic E-state index is 11.2. The van der Waals surface area contributed by atoms with Gasteiger partial charge in [0.1, 0.15) is 5.69 Å². The Balaban J connectivity index is 2.67. The Hall–Kier alpha value is -1.16. The standard InChI is InChI=1S/C10H13NO2S/c1-2-13-10(12)9-6-8(7-11-9)4-3-5-14/h3-4,6-7,11,14H,2,5H2,1H3. The van der Waals surface area contributed by atoms with E-state index < -0.39 is 0 Å². The van der Waals surface area contributed by atoms with Gasteiger partial charge < -0.3 is 9.72 Å². The minimum Gasteiger partial charge on any atom is -0.461 e. The lowest BCUT2D eigenvalue weighted by Crippen LogP contribution is -2.04. The van der Waals surface area contributed by atoms with Crippen LogP contribution in [0.1, 0.15) is 23.0 Å². The quantitative estimate of drug-likeness (QED) is 0.592. The molecule has 76 valence electrons. The lowest BCUT2D eigenvalue weighted by Gasteiger charge is -1.96. The van der Waals surface area contributed by atoms with Crippen LogP contribution in [-0.2, 0) is 4.74 Å². The van der Waals surface area contributed by atoms with Gasteiger partial charge in [0, 0.05) is 11.9 Å². The van der Waals surface area contributed by atoms with Crippen molar-refractivity contribution in [2.75, 3.05) is 12.4 Å². The largest absolute Gasteiger partial charge is 0.461 e. The zero-order valence-electron chi connectivity index (χ0n) is 7.99. The predicted octanol–water partition coefficient (Wildman–Crippen LogP) is 2.13. The summed E-state index contributed by atoms with van der Waals surface area (Å²) in [7, 11) is 0. The number of carbonyl (C=O) groups excluding carboxylic acids is 1. The molecule has 0 aliphatic rings. The van der Waals surface area contributed by atoms with E-state index in [0.29, 0.717) is 18.1 Å². The first-order valence-corrected chi connectivity index (χ1v) is 5.04. The SMILES string of the molecule is CCOC(=O)c1cc(C=CCS)c[nH]1. The number of nitrogens with one attached hydrogen (secondary N) is 1. The average Bonchev–Trinajstić information content (AvgIpc) is 2.63. The Morgan fingerprint density at radius 3 is 3.14 bits per heavy atom. The summed E-state index contributed by atoms with van der Waals surface area (Å²) in [5, 5.41) is 0. The summed E-state index contributed by atoms with van der Waals surface area (Å²) in [5.41, 5.74) is 1.42. The molecule has 1 N–H and O–H groups in total. The van der Waals surface area contributed by atoms with Crippen molar-refractivity contribution in [3.63, 3.8) is 0 Å². The molecule has 1 rings (SSSR count). The molecule has 0 aliphatic heterocycles. The van der Waals surface area contributed by atoms with Gasteiger partial charge >= 0.3 is 5.97 Å². The Kier molecular flexibility index (Phi) is 4.32. The third-order valence-corrected chi connectivity index (χ3v) is 1.83. The van der Waals surface area contributed by atoms with Gasteiger partial charge in [-0.1, -0.05) is 12.2 Å². The summed E-state index contributed by atoms with van der Waals surface area (Å²) in [6, 6.07) is 1.75. The van der Waals surface area contributed by atoms with Crippen molar-refractivity contribution in [3.8, 4) is 0 Å². The molecule has 1 aromatic rings. The Labute approximate surface area is 88.6 Å². The molecule has 0 spiro atoms. The maximum Gasteiger partial charge on any atom is 0.354 e. The smallest absolute Gasteiger partial charge is 0.354 e. The highest BCUT2D eigenvalue weighted by Crippen LogP contribution is 2.07. The minimum atomic E-state index is -0.321. The molecule has 0 radical (unpaired) electrons. The van der Waals surface area contributed by atoms with Gasteiger partial charge in [-0.15, -0.1) is 0 Å². The first-order valence-electron chi connectivity index (χ1n) is 4.41. The third kappa shape index (κ3) is 2.96. The lowest BCUT2D eigenvalue weighted by molar-refractivity contribution is 0.0520. The molecule has 4 heteroatoms. The van der Waals surface area contributed by atoms with Crippen LogP contribution in [0.25, 0.3) is 6.08 Å². The van der Waals surface area contributed by atoms with Gasteiger partial charge in [-0.05, 0) is 18.6 Å². The second-order valence-corrected chi connectivity index (χ2v) is 3.02. The minimum absolute atomic E-state index is 0.321. The highest BCUT2D eigenvalue weighted by atomic mass is 32.1. The number of aromatic amines is 1. The number of ether oxygens (including phenoxy) is 1. The molecule has 0 fully saturated rings. The molecule has 0 amide bonds. The van der Waals surface area contributed by atoms with Gasteiger partial charge in [0.25, 0.3) is 0 Å². The number of carbonyl (C=O) groups is 1. The topological polar surface area (TPSA) is 42.1 Å². The van der Waals surface area contributed by atoms with Crippen molar-refractivity contribution in [2.45, 2.75) is 6.92 Å². The summed E-state index contributed by atoms with van der Waals surface area (Å²) >= 11 is 4.04. The van der Waals surface area contributed by atoms with E-state index >= 15 is 0 Å². The summed E-state index contributed by atoms with van der Waals surface area (Å²) in [6.07, 6.45) is 5.56. The monoisotopic (exact) mass is 211 g/mol. The molecule has 0 bridgehead atoms. The molecule has 0 atom stereocenters. The Morgan fingerprint density at radius 2 is 2.50 bits per heavy atom. The van der Waals surface area contributed by atoms with E-state index in [1.807, 2.05) is 12.2 Å². The number of rotatable bonds is 4. The van der Waals surface area contributed by atoms with Crippen molar-refractivity contribution < 1.29 is 9.53 Å². The first-order chi connectivity index (χ1) is 6.77. The summed E-state index contributed by atoms with van der Waals surface area (Å²) in [6.45, 7) is 2.17. The van der Waals surface area contributed by atoms with Gasteiger partial charge in [-0.25, -0.2) is 4.79 Å². The van der Waals surface area contributed by atoms with Crippen molar-refractivity contribution in [1.29, 1.82) is 0 Å². The summed E-state index contributed by atoms with van der Waals surface area (Å²) < 4.78 is 4.84. The van der Waals surface area contributed by atoms with Crippen LogP contribution in [-0.4, -0.2) is 23.3 Å². The van der Waals surface area contributed by atoms with Crippen molar-refractivity contribution in [2.24, 2.45) is 0 Å². The van der Waals surface area contributed by atoms with Crippen LogP contribution in [0.5, 0.6) is 0 Å². The molecule has 0 unspecified atom stereocenters. The van der Waals surface area contributed by atoms with Crippen LogP contribution in [0.15, 0.2) is 18.3 Å². The zero-order valence-corrected chi connectivity index (χ0v) is 8.88. The van der Waals surface area contributed by atoms with Gasteiger partial charge in [0.05, 0.1) is 6.61 Å². The Morgan fingerprint density at radius 1 is 1.71 bits per heavy atom. The second kappa shape index (κ2) is 5.54. The van der Waals surface area contributed by atoms with E-state index in [1.165, 1.54) is 0 Å². The van der Waals surface area contributed by atoms with Crippen molar-refractivity contribution in [1.82, 2.24) is 4.98 Å². The second-order valence-electron chi connectivity index (χ2n) is 2.65. The van der Waals surface area contributed by atoms with Crippen LogP contribution in [0.4, 0.5) is 0 Å². The van der Waals surface area contributed by atoms with Crippen molar-refractivity contribution in [3.05, 3.63) is 29.6 Å². The number of H-pyrrole nitrogens is 1. The number of hydrogen-bond acceptors (Lipinski definition) is 3. The van der Waals surface area contributed by atoms with Crippen LogP contribution in [0.2, 0.25) is 0 Å². The molecule has 0 aliphatic carbocycles. The fourth-order valence-corrected chi connectivity index (χ4v) is 1.13. The molecule has 0 aromatic carbocycles. The van der Waals surface area contributed by atoms with Crippen LogP contribution in [0, 0.1) is 0 Å². The van der Waals surface area contributed by atoms with E-state index in [9.17, 15) is 4.79 Å². The summed E-state index contributed by atoms with van der Waals surface area (Å²) in [5.74, 6) is 0.359. The molecule has 0 saturated heterocycles. The van der Waals surface area contributed by atoms with Gasteiger partial charge in [-0.2, -0.15) is 12.6 Å². The average molecular weight is 211 g/mol. The number of hydrogen-bond donors (Lipinski definition) is 2.